The van der Waals surface area contributed by atoms with Gasteiger partial charge in [0, 0.05) is 17.8 Å². The zero-order valence-electron chi connectivity index (χ0n) is 43.6. The van der Waals surface area contributed by atoms with Gasteiger partial charge in [0.25, 0.3) is 0 Å². The highest BCUT2D eigenvalue weighted by molar-refractivity contribution is 5.41. The molecule has 0 N–H and O–H groups in total. The number of fused-ring (bicyclic) bond motifs is 3. The maximum Gasteiger partial charge on any atom is 0.127 e. The molecule has 65 heavy (non-hydrogen) atoms. The lowest BCUT2D eigenvalue weighted by Crippen LogP contribution is -2.26. The van der Waals surface area contributed by atoms with Crippen LogP contribution in [0, 0.1) is 17.8 Å². The zero-order valence-corrected chi connectivity index (χ0v) is 43.6. The summed E-state index contributed by atoms with van der Waals surface area (Å²) < 4.78 is 18.5. The van der Waals surface area contributed by atoms with Crippen LogP contribution in [0.5, 0.6) is 17.2 Å². The summed E-state index contributed by atoms with van der Waals surface area (Å²) in [7, 11) is 0. The van der Waals surface area contributed by atoms with Crippen molar-refractivity contribution >= 4 is 0 Å². The molecule has 0 radical (unpaired) electrons. The minimum absolute atomic E-state index is 0.163. The predicted molar refractivity (Wildman–Crippen MR) is 285 cm³/mol. The minimum atomic E-state index is 0.163. The van der Waals surface area contributed by atoms with Gasteiger partial charge in [-0.3, -0.25) is 0 Å². The summed E-state index contributed by atoms with van der Waals surface area (Å²) >= 11 is 0. The van der Waals surface area contributed by atoms with Crippen molar-refractivity contribution in [2.24, 2.45) is 17.8 Å². The molecule has 0 spiro atoms. The molecule has 0 fully saturated rings. The molecule has 0 saturated heterocycles. The van der Waals surface area contributed by atoms with Gasteiger partial charge in [0.05, 0.1) is 0 Å². The lowest BCUT2D eigenvalue weighted by atomic mass is 9.80. The van der Waals surface area contributed by atoms with E-state index in [4.69, 9.17) is 14.2 Å². The fourth-order valence-electron chi connectivity index (χ4n) is 8.07. The molecule has 0 bridgehead atoms. The molecule has 6 aromatic rings. The Labute approximate surface area is 399 Å². The first-order chi connectivity index (χ1) is 31.9. The average molecular weight is 881 g/mol. The Balaban J connectivity index is 0.000000436. The van der Waals surface area contributed by atoms with Gasteiger partial charge >= 0.3 is 0 Å². The summed E-state index contributed by atoms with van der Waals surface area (Å²) in [6, 6.07) is 56.7. The molecule has 3 aliphatic rings. The molecular formula is C62H88O3. The molecule has 8 atom stereocenters. The summed E-state index contributed by atoms with van der Waals surface area (Å²) in [5.41, 5.74) is 7.80. The molecule has 8 unspecified atom stereocenters. The second-order valence-corrected chi connectivity index (χ2v) is 15.0. The van der Waals surface area contributed by atoms with Gasteiger partial charge in [-0.05, 0) is 69.8 Å². The number of para-hydroxylation sites is 3. The smallest absolute Gasteiger partial charge is 0.127 e. The van der Waals surface area contributed by atoms with Crippen LogP contribution in [-0.4, -0.2) is 0 Å². The Kier molecular flexibility index (Phi) is 29.5. The largest absolute Gasteiger partial charge is 0.485 e. The normalized spacial score (nSPS) is 21.0. The Morgan fingerprint density at radius 3 is 0.954 bits per heavy atom. The van der Waals surface area contributed by atoms with E-state index in [0.29, 0.717) is 29.6 Å². The van der Waals surface area contributed by atoms with E-state index < -0.39 is 0 Å². The van der Waals surface area contributed by atoms with Crippen LogP contribution in [0.4, 0.5) is 0 Å². The van der Waals surface area contributed by atoms with Crippen LogP contribution in [0.2, 0.25) is 0 Å². The van der Waals surface area contributed by atoms with E-state index >= 15 is 0 Å². The molecule has 3 aliphatic heterocycles. The van der Waals surface area contributed by atoms with E-state index in [1.54, 1.807) is 0 Å². The molecular weight excluding hydrogens is 793 g/mol. The van der Waals surface area contributed by atoms with Crippen molar-refractivity contribution in [3.8, 4) is 17.2 Å². The highest BCUT2D eigenvalue weighted by atomic mass is 16.5. The van der Waals surface area contributed by atoms with Gasteiger partial charge in [0.1, 0.15) is 35.6 Å². The van der Waals surface area contributed by atoms with Gasteiger partial charge in [0.15, 0.2) is 0 Å². The lowest BCUT2D eigenvalue weighted by molar-refractivity contribution is 0.106. The third kappa shape index (κ3) is 16.3. The maximum atomic E-state index is 6.20. The van der Waals surface area contributed by atoms with Crippen molar-refractivity contribution in [3.05, 3.63) is 197 Å². The number of benzene rings is 6. The van der Waals surface area contributed by atoms with Crippen molar-refractivity contribution in [1.82, 2.24) is 0 Å². The predicted octanol–water partition coefficient (Wildman–Crippen LogP) is 19.3. The Bertz CT molecular complexity index is 1940. The van der Waals surface area contributed by atoms with Crippen LogP contribution in [-0.2, 0) is 6.42 Å². The van der Waals surface area contributed by atoms with E-state index in [1.807, 2.05) is 119 Å². The fraction of sp³-hybridized carbons (Fsp3) is 0.419. The maximum absolute atomic E-state index is 6.20. The number of hydrogen-bond donors (Lipinski definition) is 0. The van der Waals surface area contributed by atoms with Crippen LogP contribution >= 0.6 is 0 Å². The third-order valence-corrected chi connectivity index (χ3v) is 11.5. The van der Waals surface area contributed by atoms with Gasteiger partial charge < -0.3 is 14.2 Å². The first-order valence-electron chi connectivity index (χ1n) is 25.3. The Hall–Kier alpha value is -5.28. The van der Waals surface area contributed by atoms with Crippen molar-refractivity contribution < 1.29 is 14.2 Å². The summed E-state index contributed by atoms with van der Waals surface area (Å²) in [5, 5.41) is 0. The summed E-state index contributed by atoms with van der Waals surface area (Å²) in [6.07, 6.45) is 1.61. The topological polar surface area (TPSA) is 27.7 Å². The van der Waals surface area contributed by atoms with Gasteiger partial charge in [-0.25, -0.2) is 0 Å². The Morgan fingerprint density at radius 2 is 0.585 bits per heavy atom. The van der Waals surface area contributed by atoms with E-state index in [1.165, 1.54) is 33.4 Å². The summed E-state index contributed by atoms with van der Waals surface area (Å²) in [6.45, 7) is 35.4. The quantitative estimate of drug-likeness (QED) is 0.177. The molecule has 0 saturated carbocycles. The van der Waals surface area contributed by atoms with Crippen molar-refractivity contribution in [2.45, 2.75) is 154 Å². The van der Waals surface area contributed by atoms with Crippen molar-refractivity contribution in [1.29, 1.82) is 0 Å². The van der Waals surface area contributed by atoms with Crippen LogP contribution in [0.15, 0.2) is 164 Å². The summed E-state index contributed by atoms with van der Waals surface area (Å²) in [4.78, 5) is 0. The molecule has 0 aromatic heterocycles. The molecule has 9 rings (SSSR count). The highest BCUT2D eigenvalue weighted by Crippen LogP contribution is 2.47. The SMILES string of the molecule is CC.CC.CC.CC.CC.CC.CC1Cc2ccccc2OC1c1ccccc1.CC1c2ccccc2OC(c2ccccc2)C1C.CC1c2ccccc2OC(c2ccccc2)C1C. The molecule has 3 heteroatoms. The number of hydrogen-bond acceptors (Lipinski definition) is 3. The fourth-order valence-corrected chi connectivity index (χ4v) is 8.07. The lowest BCUT2D eigenvalue weighted by Gasteiger charge is -2.36. The molecule has 354 valence electrons. The van der Waals surface area contributed by atoms with Crippen LogP contribution in [0.1, 0.15) is 181 Å². The highest BCUT2D eigenvalue weighted by Gasteiger charge is 2.34. The van der Waals surface area contributed by atoms with Crippen molar-refractivity contribution in [3.63, 3.8) is 0 Å². The molecule has 0 aliphatic carbocycles. The second-order valence-electron chi connectivity index (χ2n) is 15.0. The van der Waals surface area contributed by atoms with Gasteiger partial charge in [-0.1, -0.05) is 263 Å². The third-order valence-electron chi connectivity index (χ3n) is 11.5. The monoisotopic (exact) mass is 881 g/mol. The van der Waals surface area contributed by atoms with Gasteiger partial charge in [-0.2, -0.15) is 0 Å². The van der Waals surface area contributed by atoms with Gasteiger partial charge in [0.2, 0.25) is 0 Å². The van der Waals surface area contributed by atoms with E-state index in [2.05, 4.69) is 162 Å². The van der Waals surface area contributed by atoms with Crippen LogP contribution < -0.4 is 14.2 Å². The summed E-state index contributed by atoms with van der Waals surface area (Å²) in [5.74, 6) is 5.67. The number of rotatable bonds is 3. The molecule has 6 aromatic carbocycles. The first-order valence-corrected chi connectivity index (χ1v) is 25.3. The molecule has 0 amide bonds. The van der Waals surface area contributed by atoms with E-state index in [-0.39, 0.29) is 18.3 Å². The second kappa shape index (κ2) is 33.2. The first kappa shape index (κ1) is 57.7. The van der Waals surface area contributed by atoms with E-state index in [0.717, 1.165) is 23.7 Å². The minimum Gasteiger partial charge on any atom is -0.485 e. The van der Waals surface area contributed by atoms with Gasteiger partial charge in [-0.15, -0.1) is 0 Å². The molecule has 3 heterocycles. The average Bonchev–Trinajstić information content (AvgIpc) is 3.40. The van der Waals surface area contributed by atoms with Crippen LogP contribution in [0.25, 0.3) is 0 Å². The van der Waals surface area contributed by atoms with E-state index in [9.17, 15) is 0 Å². The van der Waals surface area contributed by atoms with Crippen molar-refractivity contribution in [2.75, 3.05) is 0 Å². The standard InChI is InChI=1S/2C17H18O.C16H16O.6C2H6/c2*1-12-13(2)17(14-8-4-3-5-9-14)18-16-11-7-6-10-15(12)16;1-12-11-14-9-5-6-10-15(14)17-16(12)13-7-3-2-4-8-13;6*1-2/h2*3-13,17H,1-2H3;2-10,12,16H,11H2,1H3;6*1-2H3. The number of ether oxygens (including phenoxy) is 3. The van der Waals surface area contributed by atoms with Crippen LogP contribution in [0.3, 0.4) is 0 Å². The Morgan fingerprint density at radius 1 is 0.308 bits per heavy atom. The zero-order chi connectivity index (χ0) is 48.7. The molecule has 3 nitrogen and oxygen atoms in total.